The van der Waals surface area contributed by atoms with Gasteiger partial charge in [-0.15, -0.1) is 0 Å². The number of aromatic nitrogens is 1. The first kappa shape index (κ1) is 15.2. The average molecular weight is 341 g/mol. The lowest BCUT2D eigenvalue weighted by molar-refractivity contribution is 0.491. The lowest BCUT2D eigenvalue weighted by Crippen LogP contribution is -2.16. The van der Waals surface area contributed by atoms with Crippen molar-refractivity contribution < 1.29 is 8.81 Å². The summed E-state index contributed by atoms with van der Waals surface area (Å²) in [6, 6.07) is 4.52. The molecule has 0 aliphatic heterocycles. The highest BCUT2D eigenvalue weighted by Gasteiger charge is 2.10. The molecule has 0 aliphatic carbocycles. The topological polar surface area (TPSA) is 38.1 Å². The lowest BCUT2D eigenvalue weighted by Gasteiger charge is -2.01. The minimum Gasteiger partial charge on any atom is -0.441 e. The molecule has 0 aliphatic rings. The van der Waals surface area contributed by atoms with Crippen LogP contribution in [0, 0.1) is 5.82 Å². The van der Waals surface area contributed by atoms with Crippen LogP contribution in [-0.4, -0.2) is 18.1 Å². The number of nitrogens with one attached hydrogen (secondary N) is 1. The number of hydrogen-bond donors (Lipinski definition) is 1. The van der Waals surface area contributed by atoms with Crippen molar-refractivity contribution in [3.05, 3.63) is 40.6 Å². The SMILES string of the molecule is CCCNCCCc1ncc(-c2ccc(F)cc2Br)o1. The van der Waals surface area contributed by atoms with E-state index in [0.29, 0.717) is 10.2 Å². The van der Waals surface area contributed by atoms with Crippen LogP contribution in [0.3, 0.4) is 0 Å². The zero-order valence-corrected chi connectivity index (χ0v) is 13.0. The standard InChI is InChI=1S/C15H18BrFN2O/c1-2-7-18-8-3-4-15-19-10-14(20-15)12-6-5-11(17)9-13(12)16/h5-6,9-10,18H,2-4,7-8H2,1H3. The van der Waals surface area contributed by atoms with Crippen LogP contribution in [-0.2, 0) is 6.42 Å². The van der Waals surface area contributed by atoms with Crippen LogP contribution in [0.1, 0.15) is 25.7 Å². The van der Waals surface area contributed by atoms with E-state index in [1.807, 2.05) is 0 Å². The van der Waals surface area contributed by atoms with Gasteiger partial charge in [0.05, 0.1) is 6.20 Å². The van der Waals surface area contributed by atoms with Gasteiger partial charge >= 0.3 is 0 Å². The molecule has 0 saturated carbocycles. The van der Waals surface area contributed by atoms with Gasteiger partial charge in [-0.3, -0.25) is 0 Å². The molecular weight excluding hydrogens is 323 g/mol. The van der Waals surface area contributed by atoms with Gasteiger partial charge in [-0.25, -0.2) is 9.37 Å². The molecule has 3 nitrogen and oxygen atoms in total. The van der Waals surface area contributed by atoms with Gasteiger partial charge in [-0.1, -0.05) is 6.92 Å². The quantitative estimate of drug-likeness (QED) is 0.768. The molecule has 2 aromatic rings. The molecule has 0 radical (unpaired) electrons. The maximum Gasteiger partial charge on any atom is 0.194 e. The van der Waals surface area contributed by atoms with Gasteiger partial charge in [-0.2, -0.15) is 0 Å². The Kier molecular flexibility index (Phi) is 5.73. The van der Waals surface area contributed by atoms with Crippen molar-refractivity contribution in [1.29, 1.82) is 0 Å². The number of oxazole rings is 1. The predicted molar refractivity (Wildman–Crippen MR) is 81.1 cm³/mol. The zero-order valence-electron chi connectivity index (χ0n) is 11.5. The third-order valence-corrected chi connectivity index (χ3v) is 3.58. The van der Waals surface area contributed by atoms with E-state index in [1.165, 1.54) is 12.1 Å². The minimum atomic E-state index is -0.276. The van der Waals surface area contributed by atoms with Crippen molar-refractivity contribution in [2.45, 2.75) is 26.2 Å². The smallest absolute Gasteiger partial charge is 0.194 e. The first-order chi connectivity index (χ1) is 9.70. The van der Waals surface area contributed by atoms with Gasteiger partial charge in [-0.05, 0) is 60.1 Å². The highest BCUT2D eigenvalue weighted by molar-refractivity contribution is 9.10. The molecule has 2 rings (SSSR count). The van der Waals surface area contributed by atoms with Gasteiger partial charge in [0.2, 0.25) is 0 Å². The van der Waals surface area contributed by atoms with E-state index >= 15 is 0 Å². The summed E-state index contributed by atoms with van der Waals surface area (Å²) in [6.07, 6.45) is 4.62. The molecule has 1 heterocycles. The normalized spacial score (nSPS) is 10.9. The van der Waals surface area contributed by atoms with Gasteiger partial charge in [0, 0.05) is 16.5 Å². The van der Waals surface area contributed by atoms with E-state index in [1.54, 1.807) is 12.3 Å². The molecule has 5 heteroatoms. The summed E-state index contributed by atoms with van der Waals surface area (Å²) in [5, 5.41) is 3.34. The maximum absolute atomic E-state index is 13.1. The van der Waals surface area contributed by atoms with Crippen LogP contribution < -0.4 is 5.32 Å². The number of hydrogen-bond acceptors (Lipinski definition) is 3. The zero-order chi connectivity index (χ0) is 14.4. The molecular formula is C15H18BrFN2O. The molecule has 0 amide bonds. The number of halogens is 2. The molecule has 0 spiro atoms. The average Bonchev–Trinajstić information content (AvgIpc) is 2.87. The minimum absolute atomic E-state index is 0.276. The fourth-order valence-corrected chi connectivity index (χ4v) is 2.45. The van der Waals surface area contributed by atoms with E-state index in [2.05, 4.69) is 33.2 Å². The van der Waals surface area contributed by atoms with Crippen molar-refractivity contribution in [2.24, 2.45) is 0 Å². The first-order valence-corrected chi connectivity index (χ1v) is 7.61. The highest BCUT2D eigenvalue weighted by atomic mass is 79.9. The largest absolute Gasteiger partial charge is 0.441 e. The van der Waals surface area contributed by atoms with Gasteiger partial charge < -0.3 is 9.73 Å². The Bertz CT molecular complexity index is 557. The Balaban J connectivity index is 1.95. The van der Waals surface area contributed by atoms with Crippen LogP contribution in [0.4, 0.5) is 4.39 Å². The number of aryl methyl sites for hydroxylation is 1. The van der Waals surface area contributed by atoms with E-state index in [0.717, 1.165) is 43.8 Å². The monoisotopic (exact) mass is 340 g/mol. The second-order valence-electron chi connectivity index (χ2n) is 4.60. The maximum atomic E-state index is 13.1. The summed E-state index contributed by atoms with van der Waals surface area (Å²) in [5.74, 6) is 1.10. The van der Waals surface area contributed by atoms with Crippen LogP contribution in [0.15, 0.2) is 33.3 Å². The molecule has 1 N–H and O–H groups in total. The van der Waals surface area contributed by atoms with Crippen LogP contribution in [0.5, 0.6) is 0 Å². The molecule has 108 valence electrons. The summed E-state index contributed by atoms with van der Waals surface area (Å²) in [6.45, 7) is 4.15. The van der Waals surface area contributed by atoms with Crippen molar-refractivity contribution in [3.63, 3.8) is 0 Å². The number of nitrogens with zero attached hydrogens (tertiary/aromatic N) is 1. The van der Waals surface area contributed by atoms with Crippen molar-refractivity contribution in [1.82, 2.24) is 10.3 Å². The number of rotatable bonds is 7. The Morgan fingerprint density at radius 2 is 2.20 bits per heavy atom. The first-order valence-electron chi connectivity index (χ1n) is 6.81. The summed E-state index contributed by atoms with van der Waals surface area (Å²) in [4.78, 5) is 4.26. The van der Waals surface area contributed by atoms with Gasteiger partial charge in [0.15, 0.2) is 11.7 Å². The lowest BCUT2D eigenvalue weighted by atomic mass is 10.2. The molecule has 0 atom stereocenters. The Hall–Kier alpha value is -1.20. The fourth-order valence-electron chi connectivity index (χ4n) is 1.91. The van der Waals surface area contributed by atoms with Crippen molar-refractivity contribution in [2.75, 3.05) is 13.1 Å². The van der Waals surface area contributed by atoms with E-state index in [9.17, 15) is 4.39 Å². The molecule has 0 saturated heterocycles. The Morgan fingerprint density at radius 3 is 2.95 bits per heavy atom. The van der Waals surface area contributed by atoms with Crippen LogP contribution >= 0.6 is 15.9 Å². The second-order valence-corrected chi connectivity index (χ2v) is 5.45. The molecule has 1 aromatic heterocycles. The number of benzene rings is 1. The van der Waals surface area contributed by atoms with Gasteiger partial charge in [0.25, 0.3) is 0 Å². The fraction of sp³-hybridized carbons (Fsp3) is 0.400. The van der Waals surface area contributed by atoms with Crippen molar-refractivity contribution in [3.8, 4) is 11.3 Å². The summed E-state index contributed by atoms with van der Waals surface area (Å²) in [7, 11) is 0. The van der Waals surface area contributed by atoms with Crippen molar-refractivity contribution >= 4 is 15.9 Å². The third-order valence-electron chi connectivity index (χ3n) is 2.92. The van der Waals surface area contributed by atoms with Gasteiger partial charge in [0.1, 0.15) is 5.82 Å². The van der Waals surface area contributed by atoms with E-state index in [4.69, 9.17) is 4.42 Å². The van der Waals surface area contributed by atoms with Crippen LogP contribution in [0.25, 0.3) is 11.3 Å². The highest BCUT2D eigenvalue weighted by Crippen LogP contribution is 2.29. The third kappa shape index (κ3) is 4.15. The van der Waals surface area contributed by atoms with Crippen LogP contribution in [0.2, 0.25) is 0 Å². The Labute approximate surface area is 126 Å². The molecule has 0 fully saturated rings. The molecule has 20 heavy (non-hydrogen) atoms. The second kappa shape index (κ2) is 7.55. The summed E-state index contributed by atoms with van der Waals surface area (Å²) >= 11 is 3.34. The summed E-state index contributed by atoms with van der Waals surface area (Å²) in [5.41, 5.74) is 0.814. The summed E-state index contributed by atoms with van der Waals surface area (Å²) < 4.78 is 19.4. The molecule has 1 aromatic carbocycles. The molecule has 0 unspecified atom stereocenters. The van der Waals surface area contributed by atoms with E-state index in [-0.39, 0.29) is 5.82 Å². The Morgan fingerprint density at radius 1 is 1.35 bits per heavy atom. The predicted octanol–water partition coefficient (Wildman–Crippen LogP) is 4.18. The van der Waals surface area contributed by atoms with E-state index < -0.39 is 0 Å². The molecule has 0 bridgehead atoms.